The summed E-state index contributed by atoms with van der Waals surface area (Å²) in [6.07, 6.45) is -2.43. The molecule has 2 heterocycles. The summed E-state index contributed by atoms with van der Waals surface area (Å²) >= 11 is 3.34. The highest BCUT2D eigenvalue weighted by atomic mass is 79.9. The quantitative estimate of drug-likeness (QED) is 0.829. The zero-order chi connectivity index (χ0) is 18.2. The number of aromatic nitrogens is 2. The van der Waals surface area contributed by atoms with E-state index in [0.717, 1.165) is 36.2 Å². The molecule has 25 heavy (non-hydrogen) atoms. The van der Waals surface area contributed by atoms with E-state index in [1.54, 1.807) is 18.2 Å². The number of piperidine rings is 1. The molecule has 1 aliphatic heterocycles. The van der Waals surface area contributed by atoms with Crippen molar-refractivity contribution in [2.24, 2.45) is 0 Å². The van der Waals surface area contributed by atoms with E-state index in [9.17, 15) is 13.2 Å². The van der Waals surface area contributed by atoms with Crippen LogP contribution in [0.5, 0.6) is 0 Å². The first kappa shape index (κ1) is 18.0. The number of nitrogens with one attached hydrogen (secondary N) is 1. The average molecular weight is 416 g/mol. The van der Waals surface area contributed by atoms with Gasteiger partial charge in [0.15, 0.2) is 0 Å². The third-order valence-electron chi connectivity index (χ3n) is 4.32. The first-order valence-corrected chi connectivity index (χ1v) is 8.68. The smallest absolute Gasteiger partial charge is 0.382 e. The summed E-state index contributed by atoms with van der Waals surface area (Å²) in [5.41, 5.74) is 1.43. The molecule has 9 heteroatoms. The van der Waals surface area contributed by atoms with Crippen LogP contribution in [0.2, 0.25) is 0 Å². The summed E-state index contributed by atoms with van der Waals surface area (Å²) in [7, 11) is 2.08. The summed E-state index contributed by atoms with van der Waals surface area (Å²) in [5.74, 6) is -0.246. The molecule has 1 saturated heterocycles. The third kappa shape index (κ3) is 4.07. The Morgan fingerprint density at radius 1 is 1.36 bits per heavy atom. The molecule has 0 radical (unpaired) electrons. The summed E-state index contributed by atoms with van der Waals surface area (Å²) in [5, 5.41) is 12.5. The van der Waals surface area contributed by atoms with E-state index in [0.29, 0.717) is 16.0 Å². The Kier molecular flexibility index (Phi) is 4.93. The number of likely N-dealkylation sites (tertiary alicyclic amines) is 1. The molecule has 1 N–H and O–H groups in total. The maximum Gasteiger partial charge on any atom is 0.406 e. The van der Waals surface area contributed by atoms with Crippen molar-refractivity contribution in [1.82, 2.24) is 14.5 Å². The number of halogens is 4. The van der Waals surface area contributed by atoms with Crippen molar-refractivity contribution in [2.45, 2.75) is 31.6 Å². The van der Waals surface area contributed by atoms with Gasteiger partial charge in [0.1, 0.15) is 12.6 Å². The molecule has 134 valence electrons. The van der Waals surface area contributed by atoms with Crippen LogP contribution in [0.15, 0.2) is 16.6 Å². The average Bonchev–Trinajstić information content (AvgIpc) is 2.86. The van der Waals surface area contributed by atoms with Crippen molar-refractivity contribution in [2.75, 3.05) is 25.5 Å². The van der Waals surface area contributed by atoms with Gasteiger partial charge < -0.3 is 14.8 Å². The summed E-state index contributed by atoms with van der Waals surface area (Å²) in [4.78, 5) is 6.32. The van der Waals surface area contributed by atoms with Crippen molar-refractivity contribution < 1.29 is 13.2 Å². The lowest BCUT2D eigenvalue weighted by molar-refractivity contribution is -0.140. The van der Waals surface area contributed by atoms with Gasteiger partial charge in [0.05, 0.1) is 11.0 Å². The first-order valence-electron chi connectivity index (χ1n) is 7.88. The molecule has 1 fully saturated rings. The van der Waals surface area contributed by atoms with E-state index >= 15 is 0 Å². The predicted molar refractivity (Wildman–Crippen MR) is 92.3 cm³/mol. The lowest BCUT2D eigenvalue weighted by atomic mass is 10.1. The zero-order valence-electron chi connectivity index (χ0n) is 13.6. The third-order valence-corrected chi connectivity index (χ3v) is 4.93. The summed E-state index contributed by atoms with van der Waals surface area (Å²) in [6.45, 7) is 0.756. The number of imidazole rings is 1. The number of hydrogen-bond donors (Lipinski definition) is 1. The van der Waals surface area contributed by atoms with E-state index in [1.807, 2.05) is 0 Å². The highest BCUT2D eigenvalue weighted by Gasteiger charge is 2.31. The van der Waals surface area contributed by atoms with Crippen molar-refractivity contribution in [3.8, 4) is 6.07 Å². The molecule has 0 atom stereocenters. The fourth-order valence-corrected chi connectivity index (χ4v) is 3.77. The van der Waals surface area contributed by atoms with Gasteiger partial charge in [0, 0.05) is 16.2 Å². The van der Waals surface area contributed by atoms with Crippen LogP contribution in [0.1, 0.15) is 18.7 Å². The van der Waals surface area contributed by atoms with Crippen LogP contribution in [0.25, 0.3) is 11.0 Å². The lowest BCUT2D eigenvalue weighted by Gasteiger charge is -2.30. The number of nitrogens with zero attached hydrogens (tertiary/aromatic N) is 4. The topological polar surface area (TPSA) is 56.9 Å². The number of rotatable bonds is 3. The Hall–Kier alpha value is -1.79. The second-order valence-corrected chi connectivity index (χ2v) is 7.15. The van der Waals surface area contributed by atoms with E-state index in [4.69, 9.17) is 5.26 Å². The molecule has 0 amide bonds. The van der Waals surface area contributed by atoms with Crippen LogP contribution in [-0.4, -0.2) is 46.8 Å². The van der Waals surface area contributed by atoms with Crippen molar-refractivity contribution in [3.05, 3.63) is 22.4 Å². The number of nitriles is 1. The van der Waals surface area contributed by atoms with E-state index in [-0.39, 0.29) is 11.3 Å². The van der Waals surface area contributed by atoms with Gasteiger partial charge in [-0.05, 0) is 61.0 Å². The summed E-state index contributed by atoms with van der Waals surface area (Å²) in [6, 6.07) is 5.51. The Balaban J connectivity index is 1.93. The Morgan fingerprint density at radius 2 is 2.04 bits per heavy atom. The van der Waals surface area contributed by atoms with Gasteiger partial charge in [0.25, 0.3) is 0 Å². The van der Waals surface area contributed by atoms with E-state index < -0.39 is 12.7 Å². The van der Waals surface area contributed by atoms with Crippen LogP contribution in [0, 0.1) is 11.3 Å². The van der Waals surface area contributed by atoms with Crippen molar-refractivity contribution >= 4 is 32.7 Å². The number of anilines is 1. The molecular weight excluding hydrogens is 399 g/mol. The molecule has 1 aromatic heterocycles. The monoisotopic (exact) mass is 415 g/mol. The Labute approximate surface area is 151 Å². The highest BCUT2D eigenvalue weighted by Crippen LogP contribution is 2.32. The predicted octanol–water partition coefficient (Wildman–Crippen LogP) is 3.74. The molecule has 0 unspecified atom stereocenters. The molecule has 1 aromatic carbocycles. The van der Waals surface area contributed by atoms with E-state index in [2.05, 4.69) is 38.2 Å². The van der Waals surface area contributed by atoms with Crippen molar-refractivity contribution in [3.63, 3.8) is 0 Å². The largest absolute Gasteiger partial charge is 0.406 e. The summed E-state index contributed by atoms with van der Waals surface area (Å²) < 4.78 is 39.9. The van der Waals surface area contributed by atoms with Gasteiger partial charge in [-0.25, -0.2) is 4.98 Å². The first-order chi connectivity index (χ1) is 11.8. The van der Waals surface area contributed by atoms with Crippen LogP contribution in [-0.2, 0) is 6.54 Å². The highest BCUT2D eigenvalue weighted by molar-refractivity contribution is 9.10. The minimum absolute atomic E-state index is 0.246. The fourth-order valence-electron chi connectivity index (χ4n) is 3.11. The van der Waals surface area contributed by atoms with Crippen LogP contribution in [0.4, 0.5) is 18.9 Å². The number of hydrogen-bond acceptors (Lipinski definition) is 4. The Bertz CT molecular complexity index is 816. The zero-order valence-corrected chi connectivity index (χ0v) is 15.2. The second kappa shape index (κ2) is 6.84. The minimum Gasteiger partial charge on any atom is -0.382 e. The standard InChI is InChI=1S/C16H17BrF3N5/c1-24-4-2-10(3-5-24)22-11-6-12(17)15-13(7-11)23-14(8-21)25(15)9-16(18,19)20/h6-7,10,22H,2-5,9H2,1H3. The van der Waals surface area contributed by atoms with Gasteiger partial charge >= 0.3 is 6.18 Å². The maximum atomic E-state index is 12.8. The van der Waals surface area contributed by atoms with Gasteiger partial charge in [-0.15, -0.1) is 0 Å². The second-order valence-electron chi connectivity index (χ2n) is 6.30. The van der Waals surface area contributed by atoms with Gasteiger partial charge in [-0.3, -0.25) is 0 Å². The number of fused-ring (bicyclic) bond motifs is 1. The van der Waals surface area contributed by atoms with Crippen molar-refractivity contribution in [1.29, 1.82) is 5.26 Å². The molecule has 0 spiro atoms. The maximum absolute atomic E-state index is 12.8. The lowest BCUT2D eigenvalue weighted by Crippen LogP contribution is -2.36. The number of alkyl halides is 3. The minimum atomic E-state index is -4.43. The normalized spacial score (nSPS) is 17.0. The molecule has 3 rings (SSSR count). The van der Waals surface area contributed by atoms with Gasteiger partial charge in [0.2, 0.25) is 5.82 Å². The molecule has 1 aliphatic rings. The molecular formula is C16H17BrF3N5. The number of benzene rings is 1. The molecule has 0 aliphatic carbocycles. The molecule has 0 saturated carbocycles. The molecule has 5 nitrogen and oxygen atoms in total. The SMILES string of the molecule is CN1CCC(Nc2cc(Br)c3c(c2)nc(C#N)n3CC(F)(F)F)CC1. The van der Waals surface area contributed by atoms with Crippen LogP contribution < -0.4 is 5.32 Å². The van der Waals surface area contributed by atoms with Gasteiger partial charge in [-0.2, -0.15) is 18.4 Å². The van der Waals surface area contributed by atoms with Gasteiger partial charge in [-0.1, -0.05) is 0 Å². The van der Waals surface area contributed by atoms with Crippen LogP contribution in [0.3, 0.4) is 0 Å². The van der Waals surface area contributed by atoms with E-state index in [1.165, 1.54) is 0 Å². The van der Waals surface area contributed by atoms with Crippen LogP contribution >= 0.6 is 15.9 Å². The Morgan fingerprint density at radius 3 is 2.64 bits per heavy atom. The fraction of sp³-hybridized carbons (Fsp3) is 0.500. The molecule has 0 bridgehead atoms. The molecule has 2 aromatic rings.